The van der Waals surface area contributed by atoms with E-state index in [0.717, 1.165) is 12.8 Å². The average molecular weight is 290 g/mol. The summed E-state index contributed by atoms with van der Waals surface area (Å²) in [5.74, 6) is -0.342. The number of nitrogens with two attached hydrogens (primary N) is 1. The summed E-state index contributed by atoms with van der Waals surface area (Å²) in [4.78, 5) is 12.1. The van der Waals surface area contributed by atoms with E-state index in [2.05, 4.69) is 5.32 Å². The molecule has 0 aliphatic carbocycles. The second kappa shape index (κ2) is 11.1. The minimum atomic E-state index is -0.382. The minimum absolute atomic E-state index is 0.0807. The smallest absolute Gasteiger partial charge is 0.230 e. The molecule has 0 aliphatic rings. The third-order valence-electron chi connectivity index (χ3n) is 2.70. The summed E-state index contributed by atoms with van der Waals surface area (Å²) in [6.07, 6.45) is 1.78. The molecule has 0 bridgehead atoms. The minimum Gasteiger partial charge on any atom is -0.393 e. The monoisotopic (exact) mass is 290 g/mol. The van der Waals surface area contributed by atoms with Crippen molar-refractivity contribution in [2.45, 2.75) is 26.7 Å². The van der Waals surface area contributed by atoms with Crippen LogP contribution in [0.15, 0.2) is 0 Å². The number of hydrogen-bond acceptors (Lipinski definition) is 4. The number of unbranched alkanes of at least 4 members (excludes halogenated alkanes) is 1. The quantitative estimate of drug-likeness (QED) is 0.440. The molecule has 0 heterocycles. The van der Waals surface area contributed by atoms with Crippen molar-refractivity contribution in [1.82, 2.24) is 5.32 Å². The molecule has 0 radical (unpaired) electrons. The summed E-state index contributed by atoms with van der Waals surface area (Å²) in [5, 5.41) is 2.86. The van der Waals surface area contributed by atoms with Crippen molar-refractivity contribution in [2.24, 2.45) is 17.6 Å². The predicted octanol–water partition coefficient (Wildman–Crippen LogP) is 1.10. The molecule has 0 fully saturated rings. The topological polar surface area (TPSA) is 73.6 Å². The van der Waals surface area contributed by atoms with Crippen LogP contribution < -0.4 is 11.1 Å². The van der Waals surface area contributed by atoms with E-state index in [0.29, 0.717) is 26.4 Å². The Labute approximate surface area is 121 Å². The average Bonchev–Trinajstić information content (AvgIpc) is 2.31. The first-order valence-electron chi connectivity index (χ1n) is 6.64. The zero-order chi connectivity index (χ0) is 14.7. The SMILES string of the molecule is COCCOCCCCNC(=O)C(C(N)=S)C(C)C. The lowest BCUT2D eigenvalue weighted by Gasteiger charge is -2.18. The summed E-state index contributed by atoms with van der Waals surface area (Å²) >= 11 is 4.92. The van der Waals surface area contributed by atoms with Gasteiger partial charge in [-0.05, 0) is 18.8 Å². The van der Waals surface area contributed by atoms with Crippen LogP contribution in [-0.4, -0.2) is 44.4 Å². The number of rotatable bonds is 11. The van der Waals surface area contributed by atoms with Gasteiger partial charge in [-0.2, -0.15) is 0 Å². The Balaban J connectivity index is 3.65. The molecular weight excluding hydrogens is 264 g/mol. The van der Waals surface area contributed by atoms with Crippen molar-refractivity contribution < 1.29 is 14.3 Å². The normalized spacial score (nSPS) is 12.4. The summed E-state index contributed by atoms with van der Waals surface area (Å²) in [5.41, 5.74) is 5.58. The van der Waals surface area contributed by atoms with Crippen LogP contribution in [0.2, 0.25) is 0 Å². The van der Waals surface area contributed by atoms with Gasteiger partial charge >= 0.3 is 0 Å². The molecule has 0 saturated carbocycles. The number of thiocarbonyl (C=S) groups is 1. The van der Waals surface area contributed by atoms with Gasteiger partial charge in [0, 0.05) is 20.3 Å². The van der Waals surface area contributed by atoms with Crippen molar-refractivity contribution in [2.75, 3.05) is 33.5 Å². The van der Waals surface area contributed by atoms with Crippen LogP contribution >= 0.6 is 12.2 Å². The van der Waals surface area contributed by atoms with E-state index >= 15 is 0 Å². The molecule has 0 spiro atoms. The summed E-state index contributed by atoms with van der Waals surface area (Å²) < 4.78 is 10.2. The number of ether oxygens (including phenoxy) is 2. The highest BCUT2D eigenvalue weighted by molar-refractivity contribution is 7.80. The number of amides is 1. The Morgan fingerprint density at radius 3 is 2.47 bits per heavy atom. The first-order chi connectivity index (χ1) is 9.00. The molecule has 3 N–H and O–H groups in total. The molecule has 6 heteroatoms. The number of methoxy groups -OCH3 is 1. The first-order valence-corrected chi connectivity index (χ1v) is 7.05. The van der Waals surface area contributed by atoms with Crippen LogP contribution in [-0.2, 0) is 14.3 Å². The lowest BCUT2D eigenvalue weighted by Crippen LogP contribution is -2.41. The van der Waals surface area contributed by atoms with Crippen molar-refractivity contribution in [3.8, 4) is 0 Å². The molecule has 0 aromatic heterocycles. The van der Waals surface area contributed by atoms with Gasteiger partial charge in [-0.1, -0.05) is 26.1 Å². The lowest BCUT2D eigenvalue weighted by atomic mass is 9.95. The Morgan fingerprint density at radius 1 is 1.26 bits per heavy atom. The van der Waals surface area contributed by atoms with Gasteiger partial charge in [-0.25, -0.2) is 0 Å². The molecule has 19 heavy (non-hydrogen) atoms. The molecule has 0 aromatic carbocycles. The van der Waals surface area contributed by atoms with Crippen LogP contribution in [0.25, 0.3) is 0 Å². The maximum Gasteiger partial charge on any atom is 0.230 e. The van der Waals surface area contributed by atoms with Crippen molar-refractivity contribution >= 4 is 23.1 Å². The number of carbonyl (C=O) groups is 1. The van der Waals surface area contributed by atoms with Gasteiger partial charge in [0.2, 0.25) is 5.91 Å². The Bertz CT molecular complexity index is 273. The lowest BCUT2D eigenvalue weighted by molar-refractivity contribution is -0.123. The highest BCUT2D eigenvalue weighted by atomic mass is 32.1. The van der Waals surface area contributed by atoms with Crippen molar-refractivity contribution in [3.05, 3.63) is 0 Å². The molecule has 0 saturated heterocycles. The van der Waals surface area contributed by atoms with Gasteiger partial charge < -0.3 is 20.5 Å². The van der Waals surface area contributed by atoms with Gasteiger partial charge in [0.1, 0.15) is 0 Å². The predicted molar refractivity (Wildman–Crippen MR) is 80.1 cm³/mol. The van der Waals surface area contributed by atoms with E-state index in [-0.39, 0.29) is 22.7 Å². The van der Waals surface area contributed by atoms with Crippen molar-refractivity contribution in [1.29, 1.82) is 0 Å². The molecule has 112 valence electrons. The highest BCUT2D eigenvalue weighted by Gasteiger charge is 2.24. The van der Waals surface area contributed by atoms with Crippen LogP contribution in [0.3, 0.4) is 0 Å². The van der Waals surface area contributed by atoms with Crippen LogP contribution in [0.4, 0.5) is 0 Å². The maximum atomic E-state index is 11.9. The Morgan fingerprint density at radius 2 is 1.95 bits per heavy atom. The van der Waals surface area contributed by atoms with E-state index in [1.165, 1.54) is 0 Å². The Kier molecular flexibility index (Phi) is 10.7. The van der Waals surface area contributed by atoms with E-state index < -0.39 is 0 Å². The number of carbonyl (C=O) groups excluding carboxylic acids is 1. The summed E-state index contributed by atoms with van der Waals surface area (Å²) in [6, 6.07) is 0. The fourth-order valence-electron chi connectivity index (χ4n) is 1.66. The molecule has 0 aromatic rings. The number of nitrogens with one attached hydrogen (secondary N) is 1. The fourth-order valence-corrected chi connectivity index (χ4v) is 2.03. The highest BCUT2D eigenvalue weighted by Crippen LogP contribution is 2.11. The first kappa shape index (κ1) is 18.3. The van der Waals surface area contributed by atoms with E-state index in [4.69, 9.17) is 27.4 Å². The largest absolute Gasteiger partial charge is 0.393 e. The van der Waals surface area contributed by atoms with Crippen molar-refractivity contribution in [3.63, 3.8) is 0 Å². The third-order valence-corrected chi connectivity index (χ3v) is 2.96. The summed E-state index contributed by atoms with van der Waals surface area (Å²) in [6.45, 7) is 6.40. The van der Waals surface area contributed by atoms with Gasteiger partial charge in [0.05, 0.1) is 24.1 Å². The second-order valence-corrected chi connectivity index (χ2v) is 5.20. The molecule has 1 amide bonds. The standard InChI is InChI=1S/C13H26N2O3S/c1-10(2)11(12(14)19)13(16)15-6-4-5-7-18-9-8-17-3/h10-11H,4-9H2,1-3H3,(H2,14,19)(H,15,16). The van der Waals surface area contributed by atoms with Crippen LogP contribution in [0.1, 0.15) is 26.7 Å². The zero-order valence-corrected chi connectivity index (χ0v) is 12.9. The molecule has 1 unspecified atom stereocenters. The van der Waals surface area contributed by atoms with Gasteiger partial charge in [-0.15, -0.1) is 0 Å². The molecule has 1 atom stereocenters. The number of hydrogen-bond donors (Lipinski definition) is 2. The molecule has 0 rings (SSSR count). The van der Waals surface area contributed by atoms with Crippen LogP contribution in [0.5, 0.6) is 0 Å². The summed E-state index contributed by atoms with van der Waals surface area (Å²) in [7, 11) is 1.64. The molecular formula is C13H26N2O3S. The fraction of sp³-hybridized carbons (Fsp3) is 0.846. The van der Waals surface area contributed by atoms with E-state index in [1.807, 2.05) is 13.8 Å². The van der Waals surface area contributed by atoms with Gasteiger partial charge in [-0.3, -0.25) is 4.79 Å². The molecule has 5 nitrogen and oxygen atoms in total. The van der Waals surface area contributed by atoms with E-state index in [1.54, 1.807) is 7.11 Å². The maximum absolute atomic E-state index is 11.9. The van der Waals surface area contributed by atoms with Gasteiger partial charge in [0.15, 0.2) is 0 Å². The van der Waals surface area contributed by atoms with E-state index in [9.17, 15) is 4.79 Å². The Hall–Kier alpha value is -0.720. The van der Waals surface area contributed by atoms with Gasteiger partial charge in [0.25, 0.3) is 0 Å². The molecule has 0 aliphatic heterocycles. The zero-order valence-electron chi connectivity index (χ0n) is 12.1. The second-order valence-electron chi connectivity index (χ2n) is 4.73. The third kappa shape index (κ3) is 8.91. The van der Waals surface area contributed by atoms with Crippen LogP contribution in [0, 0.1) is 11.8 Å².